The summed E-state index contributed by atoms with van der Waals surface area (Å²) in [6.45, 7) is 2.01. The molecule has 20 heavy (non-hydrogen) atoms. The summed E-state index contributed by atoms with van der Waals surface area (Å²) in [5, 5.41) is 0. The summed E-state index contributed by atoms with van der Waals surface area (Å²) in [6.07, 6.45) is -0.850. The number of hydrogen-bond donors (Lipinski definition) is 0. The van der Waals surface area contributed by atoms with Gasteiger partial charge in [0.05, 0.1) is 5.56 Å². The highest BCUT2D eigenvalue weighted by atomic mass is 19.4. The molecule has 0 aliphatic carbocycles. The average Bonchev–Trinajstić information content (AvgIpc) is 2.41. The van der Waals surface area contributed by atoms with Gasteiger partial charge in [-0.1, -0.05) is 42.0 Å². The Labute approximate surface area is 115 Å². The normalized spacial score (nSPS) is 10.8. The van der Waals surface area contributed by atoms with Crippen LogP contribution in [0.25, 0.3) is 12.2 Å². The molecule has 0 N–H and O–H groups in total. The van der Waals surface area contributed by atoms with Gasteiger partial charge in [-0.15, -0.1) is 5.73 Å². The van der Waals surface area contributed by atoms with E-state index < -0.39 is 11.7 Å². The Morgan fingerprint density at radius 1 is 0.800 bits per heavy atom. The van der Waals surface area contributed by atoms with Crippen LogP contribution in [0.4, 0.5) is 13.2 Å². The van der Waals surface area contributed by atoms with Crippen molar-refractivity contribution >= 4 is 12.2 Å². The minimum absolute atomic E-state index is 0.642. The molecular weight excluding hydrogens is 261 g/mol. The van der Waals surface area contributed by atoms with Crippen molar-refractivity contribution in [3.05, 3.63) is 76.5 Å². The smallest absolute Gasteiger partial charge is 0.166 e. The fourth-order valence-corrected chi connectivity index (χ4v) is 1.67. The van der Waals surface area contributed by atoms with Crippen molar-refractivity contribution in [2.75, 3.05) is 0 Å². The van der Waals surface area contributed by atoms with Gasteiger partial charge < -0.3 is 0 Å². The van der Waals surface area contributed by atoms with Crippen molar-refractivity contribution in [2.45, 2.75) is 13.1 Å². The Kier molecular flexibility index (Phi) is 4.11. The van der Waals surface area contributed by atoms with Gasteiger partial charge >= 0.3 is 6.18 Å². The maximum Gasteiger partial charge on any atom is 0.416 e. The minimum Gasteiger partial charge on any atom is -0.166 e. The Morgan fingerprint density at radius 2 is 1.25 bits per heavy atom. The highest BCUT2D eigenvalue weighted by Gasteiger charge is 2.29. The van der Waals surface area contributed by atoms with E-state index in [-0.39, 0.29) is 0 Å². The van der Waals surface area contributed by atoms with Crippen molar-refractivity contribution in [3.8, 4) is 0 Å². The van der Waals surface area contributed by atoms with Crippen molar-refractivity contribution in [2.24, 2.45) is 0 Å². The highest BCUT2D eigenvalue weighted by molar-refractivity contribution is 5.57. The van der Waals surface area contributed by atoms with Crippen LogP contribution in [0.3, 0.4) is 0 Å². The van der Waals surface area contributed by atoms with E-state index in [0.717, 1.165) is 17.7 Å². The van der Waals surface area contributed by atoms with Gasteiger partial charge in [-0.3, -0.25) is 0 Å². The van der Waals surface area contributed by atoms with Gasteiger partial charge in [-0.05, 0) is 42.3 Å². The average molecular weight is 274 g/mol. The second kappa shape index (κ2) is 5.81. The first kappa shape index (κ1) is 14.2. The molecule has 102 valence electrons. The lowest BCUT2D eigenvalue weighted by Crippen LogP contribution is -2.03. The molecular formula is C17H13F3. The van der Waals surface area contributed by atoms with E-state index >= 15 is 0 Å². The van der Waals surface area contributed by atoms with Crippen LogP contribution in [0, 0.1) is 6.92 Å². The number of halogens is 3. The van der Waals surface area contributed by atoms with Gasteiger partial charge in [0, 0.05) is 0 Å². The molecule has 0 fully saturated rings. The van der Waals surface area contributed by atoms with E-state index in [9.17, 15) is 13.2 Å². The Bertz CT molecular complexity index is 625. The molecule has 0 bridgehead atoms. The Morgan fingerprint density at radius 3 is 1.70 bits per heavy atom. The summed E-state index contributed by atoms with van der Waals surface area (Å²) in [6, 6.07) is 12.9. The zero-order valence-electron chi connectivity index (χ0n) is 10.9. The first-order valence-corrected chi connectivity index (χ1v) is 6.11. The second-order valence-corrected chi connectivity index (χ2v) is 4.49. The molecule has 0 saturated carbocycles. The van der Waals surface area contributed by atoms with Gasteiger partial charge in [-0.2, -0.15) is 13.2 Å². The van der Waals surface area contributed by atoms with E-state index in [0.29, 0.717) is 5.56 Å². The largest absolute Gasteiger partial charge is 0.416 e. The molecule has 2 aromatic rings. The third-order valence-corrected chi connectivity index (χ3v) is 2.82. The summed E-state index contributed by atoms with van der Waals surface area (Å²) in [4.78, 5) is 0. The molecule has 0 nitrogen and oxygen atoms in total. The molecule has 0 heterocycles. The molecule has 0 radical (unpaired) electrons. The van der Waals surface area contributed by atoms with Crippen LogP contribution in [0.15, 0.2) is 54.3 Å². The lowest BCUT2D eigenvalue weighted by Gasteiger charge is -2.05. The Hall–Kier alpha value is -2.25. The Balaban J connectivity index is 2.13. The molecule has 2 aromatic carbocycles. The van der Waals surface area contributed by atoms with Gasteiger partial charge in [0.2, 0.25) is 0 Å². The van der Waals surface area contributed by atoms with E-state index in [1.807, 2.05) is 31.2 Å². The molecule has 0 amide bonds. The highest BCUT2D eigenvalue weighted by Crippen LogP contribution is 2.29. The summed E-state index contributed by atoms with van der Waals surface area (Å²) < 4.78 is 37.2. The second-order valence-electron chi connectivity index (χ2n) is 4.49. The maximum absolute atomic E-state index is 12.4. The summed E-state index contributed by atoms with van der Waals surface area (Å²) in [5.74, 6) is 0. The van der Waals surface area contributed by atoms with Crippen LogP contribution in [0.2, 0.25) is 0 Å². The van der Waals surface area contributed by atoms with Gasteiger partial charge in [0.1, 0.15) is 0 Å². The third-order valence-electron chi connectivity index (χ3n) is 2.82. The molecule has 0 aromatic heterocycles. The van der Waals surface area contributed by atoms with Crippen molar-refractivity contribution in [1.82, 2.24) is 0 Å². The predicted molar refractivity (Wildman–Crippen MR) is 75.1 cm³/mol. The first-order chi connectivity index (χ1) is 9.45. The van der Waals surface area contributed by atoms with Crippen LogP contribution >= 0.6 is 0 Å². The molecule has 2 rings (SSSR count). The molecule has 3 heteroatoms. The third kappa shape index (κ3) is 3.87. The quantitative estimate of drug-likeness (QED) is 0.648. The lowest BCUT2D eigenvalue weighted by molar-refractivity contribution is -0.137. The molecule has 0 spiro atoms. The van der Waals surface area contributed by atoms with Gasteiger partial charge in [0.25, 0.3) is 0 Å². The number of aryl methyl sites for hydroxylation is 1. The van der Waals surface area contributed by atoms with E-state index in [2.05, 4.69) is 5.73 Å². The standard InChI is InChI=1S/C17H13F3/c1-13-5-7-14(8-6-13)3-2-4-15-9-11-16(12-10-15)17(18,19)20/h3-12H,1H3. The predicted octanol–water partition coefficient (Wildman–Crippen LogP) is 5.34. The van der Waals surface area contributed by atoms with E-state index in [1.54, 1.807) is 12.2 Å². The van der Waals surface area contributed by atoms with Crippen molar-refractivity contribution in [3.63, 3.8) is 0 Å². The fourth-order valence-electron chi connectivity index (χ4n) is 1.67. The fraction of sp³-hybridized carbons (Fsp3) is 0.118. The van der Waals surface area contributed by atoms with E-state index in [1.165, 1.54) is 17.7 Å². The zero-order chi connectivity index (χ0) is 14.6. The molecule has 0 aliphatic rings. The zero-order valence-corrected chi connectivity index (χ0v) is 10.9. The monoisotopic (exact) mass is 274 g/mol. The van der Waals surface area contributed by atoms with Crippen LogP contribution < -0.4 is 0 Å². The summed E-state index contributed by atoms with van der Waals surface area (Å²) in [5.41, 5.74) is 5.18. The number of rotatable bonds is 2. The van der Waals surface area contributed by atoms with Crippen LogP contribution in [0.5, 0.6) is 0 Å². The molecule has 0 saturated heterocycles. The van der Waals surface area contributed by atoms with Gasteiger partial charge in [-0.25, -0.2) is 0 Å². The molecule has 0 aliphatic heterocycles. The SMILES string of the molecule is Cc1ccc(C=C=Cc2ccc(C(F)(F)F)cc2)cc1. The summed E-state index contributed by atoms with van der Waals surface area (Å²) in [7, 11) is 0. The van der Waals surface area contributed by atoms with Crippen LogP contribution in [-0.4, -0.2) is 0 Å². The van der Waals surface area contributed by atoms with Crippen molar-refractivity contribution in [1.29, 1.82) is 0 Å². The number of alkyl halides is 3. The number of benzene rings is 2. The van der Waals surface area contributed by atoms with Crippen LogP contribution in [-0.2, 0) is 6.18 Å². The first-order valence-electron chi connectivity index (χ1n) is 6.11. The molecule has 0 atom stereocenters. The minimum atomic E-state index is -4.29. The number of hydrogen-bond acceptors (Lipinski definition) is 0. The molecule has 0 unspecified atom stereocenters. The maximum atomic E-state index is 12.4. The lowest BCUT2D eigenvalue weighted by atomic mass is 10.1. The topological polar surface area (TPSA) is 0 Å². The van der Waals surface area contributed by atoms with Gasteiger partial charge in [0.15, 0.2) is 0 Å². The van der Waals surface area contributed by atoms with E-state index in [4.69, 9.17) is 0 Å². The summed E-state index contributed by atoms with van der Waals surface area (Å²) >= 11 is 0. The van der Waals surface area contributed by atoms with Crippen molar-refractivity contribution < 1.29 is 13.2 Å². The van der Waals surface area contributed by atoms with Crippen LogP contribution in [0.1, 0.15) is 22.3 Å².